The first-order valence-corrected chi connectivity index (χ1v) is 6.45. The van der Waals surface area contributed by atoms with Crippen molar-refractivity contribution < 1.29 is 4.79 Å². The molecule has 0 aliphatic carbocycles. The number of benzene rings is 1. The fourth-order valence-corrected chi connectivity index (χ4v) is 1.40. The lowest BCUT2D eigenvalue weighted by molar-refractivity contribution is -0.114. The summed E-state index contributed by atoms with van der Waals surface area (Å²) < 4.78 is 0. The van der Waals surface area contributed by atoms with Crippen LogP contribution in [0.4, 0.5) is 5.69 Å². The van der Waals surface area contributed by atoms with Crippen LogP contribution in [0.2, 0.25) is 0 Å². The molecule has 0 heterocycles. The van der Waals surface area contributed by atoms with Crippen molar-refractivity contribution in [2.24, 2.45) is 0 Å². The van der Waals surface area contributed by atoms with Crippen molar-refractivity contribution in [2.75, 3.05) is 5.32 Å². The van der Waals surface area contributed by atoms with Gasteiger partial charge in [-0.15, -0.1) is 0 Å². The predicted molar refractivity (Wildman–Crippen MR) is 75.3 cm³/mol. The number of carbonyl (C=O) groups excluding carboxylic acids is 1. The molecule has 0 fully saturated rings. The highest BCUT2D eigenvalue weighted by atomic mass is 16.1. The lowest BCUT2D eigenvalue weighted by atomic mass is 10.2. The Morgan fingerprint density at radius 3 is 2.06 bits per heavy atom. The molecule has 1 aromatic carbocycles. The first kappa shape index (κ1) is 15.7. The Labute approximate surface area is 105 Å². The van der Waals surface area contributed by atoms with Crippen LogP contribution < -0.4 is 5.32 Å². The Morgan fingerprint density at radius 2 is 1.65 bits per heavy atom. The van der Waals surface area contributed by atoms with Gasteiger partial charge >= 0.3 is 0 Å². The maximum atomic E-state index is 10.7. The molecule has 0 saturated heterocycles. The molecule has 0 spiro atoms. The summed E-state index contributed by atoms with van der Waals surface area (Å²) in [5.74, 6) is -0.0284. The van der Waals surface area contributed by atoms with Crippen LogP contribution in [0.25, 0.3) is 0 Å². The van der Waals surface area contributed by atoms with Crippen LogP contribution in [0.5, 0.6) is 0 Å². The Hall–Kier alpha value is -1.31. The van der Waals surface area contributed by atoms with E-state index >= 15 is 0 Å². The number of para-hydroxylation sites is 1. The van der Waals surface area contributed by atoms with E-state index in [1.54, 1.807) is 0 Å². The highest BCUT2D eigenvalue weighted by Crippen LogP contribution is 2.12. The molecule has 0 radical (unpaired) electrons. The molecule has 0 bridgehead atoms. The largest absolute Gasteiger partial charge is 0.326 e. The number of aryl methyl sites for hydroxylation is 1. The summed E-state index contributed by atoms with van der Waals surface area (Å²) in [6, 6.07) is 7.70. The van der Waals surface area contributed by atoms with Crippen molar-refractivity contribution in [1.82, 2.24) is 0 Å². The average Bonchev–Trinajstić information content (AvgIpc) is 2.30. The van der Waals surface area contributed by atoms with Gasteiger partial charge in [-0.2, -0.15) is 0 Å². The number of amides is 1. The third-order valence-electron chi connectivity index (χ3n) is 2.41. The SMILES string of the molecule is CC(=O)Nc1ccccc1C.CCCCCC. The van der Waals surface area contributed by atoms with Crippen molar-refractivity contribution >= 4 is 11.6 Å². The van der Waals surface area contributed by atoms with Gasteiger partial charge < -0.3 is 5.32 Å². The molecule has 1 aromatic rings. The van der Waals surface area contributed by atoms with Gasteiger partial charge in [-0.05, 0) is 18.6 Å². The third kappa shape index (κ3) is 8.49. The zero-order valence-corrected chi connectivity index (χ0v) is 11.5. The zero-order chi connectivity index (χ0) is 13.1. The highest BCUT2D eigenvalue weighted by Gasteiger charge is 1.96. The van der Waals surface area contributed by atoms with Crippen molar-refractivity contribution in [1.29, 1.82) is 0 Å². The normalized spacial score (nSPS) is 9.18. The number of unbranched alkanes of at least 4 members (excludes halogenated alkanes) is 3. The summed E-state index contributed by atoms with van der Waals surface area (Å²) >= 11 is 0. The van der Waals surface area contributed by atoms with E-state index in [1.807, 2.05) is 31.2 Å². The van der Waals surface area contributed by atoms with Gasteiger partial charge in [0.05, 0.1) is 0 Å². The first-order chi connectivity index (χ1) is 8.11. The molecule has 17 heavy (non-hydrogen) atoms. The summed E-state index contributed by atoms with van der Waals surface area (Å²) in [5.41, 5.74) is 1.97. The number of carbonyl (C=O) groups is 1. The summed E-state index contributed by atoms with van der Waals surface area (Å²) in [7, 11) is 0. The molecule has 0 aliphatic heterocycles. The van der Waals surface area contributed by atoms with Crippen LogP contribution in [0.3, 0.4) is 0 Å². The number of rotatable bonds is 4. The minimum atomic E-state index is -0.0284. The van der Waals surface area contributed by atoms with Gasteiger partial charge in [-0.3, -0.25) is 4.79 Å². The molecular weight excluding hydrogens is 210 g/mol. The Balaban J connectivity index is 0.000000366. The van der Waals surface area contributed by atoms with Crippen LogP contribution >= 0.6 is 0 Å². The van der Waals surface area contributed by atoms with Gasteiger partial charge in [-0.25, -0.2) is 0 Å². The minimum absolute atomic E-state index is 0.0284. The molecule has 96 valence electrons. The van der Waals surface area contributed by atoms with Crippen LogP contribution in [0.15, 0.2) is 24.3 Å². The second-order valence-corrected chi connectivity index (χ2v) is 4.20. The van der Waals surface area contributed by atoms with E-state index in [4.69, 9.17) is 0 Å². The van der Waals surface area contributed by atoms with E-state index in [-0.39, 0.29) is 5.91 Å². The highest BCUT2D eigenvalue weighted by molar-refractivity contribution is 5.89. The standard InChI is InChI=1S/C9H11NO.C6H14/c1-7-5-3-4-6-9(7)10-8(2)11;1-3-5-6-4-2/h3-6H,1-2H3,(H,10,11);3-6H2,1-2H3. The molecule has 2 heteroatoms. The monoisotopic (exact) mass is 235 g/mol. The maximum absolute atomic E-state index is 10.7. The fourth-order valence-electron chi connectivity index (χ4n) is 1.40. The van der Waals surface area contributed by atoms with Crippen LogP contribution in [-0.4, -0.2) is 5.91 Å². The summed E-state index contributed by atoms with van der Waals surface area (Å²) in [4.78, 5) is 10.7. The second-order valence-electron chi connectivity index (χ2n) is 4.20. The van der Waals surface area contributed by atoms with Gasteiger partial charge in [0.25, 0.3) is 0 Å². The minimum Gasteiger partial charge on any atom is -0.326 e. The number of hydrogen-bond acceptors (Lipinski definition) is 1. The quantitative estimate of drug-likeness (QED) is 0.763. The number of hydrogen-bond donors (Lipinski definition) is 1. The summed E-state index contributed by atoms with van der Waals surface area (Å²) in [6.07, 6.45) is 5.54. The third-order valence-corrected chi connectivity index (χ3v) is 2.41. The molecule has 0 atom stereocenters. The molecule has 2 nitrogen and oxygen atoms in total. The van der Waals surface area contributed by atoms with Gasteiger partial charge in [-0.1, -0.05) is 57.7 Å². The predicted octanol–water partition coefficient (Wildman–Crippen LogP) is 4.54. The maximum Gasteiger partial charge on any atom is 0.221 e. The van der Waals surface area contributed by atoms with Crippen LogP contribution in [0, 0.1) is 6.92 Å². The first-order valence-electron chi connectivity index (χ1n) is 6.45. The molecule has 1 rings (SSSR count). The Bertz CT molecular complexity index is 316. The Kier molecular flexibility index (Phi) is 9.12. The van der Waals surface area contributed by atoms with E-state index in [9.17, 15) is 4.79 Å². The van der Waals surface area contributed by atoms with E-state index in [0.29, 0.717) is 0 Å². The molecule has 0 unspecified atom stereocenters. The summed E-state index contributed by atoms with van der Waals surface area (Å²) in [6.45, 7) is 7.93. The van der Waals surface area contributed by atoms with Gasteiger partial charge in [0.2, 0.25) is 5.91 Å². The van der Waals surface area contributed by atoms with Crippen molar-refractivity contribution in [2.45, 2.75) is 53.4 Å². The molecule has 1 amide bonds. The average molecular weight is 235 g/mol. The lowest BCUT2D eigenvalue weighted by Crippen LogP contribution is -2.06. The fraction of sp³-hybridized carbons (Fsp3) is 0.533. The Morgan fingerprint density at radius 1 is 1.12 bits per heavy atom. The molecular formula is C15H25NO. The van der Waals surface area contributed by atoms with E-state index in [1.165, 1.54) is 32.6 Å². The van der Waals surface area contributed by atoms with Gasteiger partial charge in [0, 0.05) is 12.6 Å². The van der Waals surface area contributed by atoms with Crippen molar-refractivity contribution in [3.8, 4) is 0 Å². The summed E-state index contributed by atoms with van der Waals surface area (Å²) in [5, 5.41) is 2.73. The number of nitrogens with one attached hydrogen (secondary N) is 1. The smallest absolute Gasteiger partial charge is 0.221 e. The van der Waals surface area contributed by atoms with Crippen molar-refractivity contribution in [3.05, 3.63) is 29.8 Å². The van der Waals surface area contributed by atoms with Crippen LogP contribution in [0.1, 0.15) is 52.0 Å². The zero-order valence-electron chi connectivity index (χ0n) is 11.5. The van der Waals surface area contributed by atoms with Gasteiger partial charge in [0.15, 0.2) is 0 Å². The second kappa shape index (κ2) is 9.88. The lowest BCUT2D eigenvalue weighted by Gasteiger charge is -2.03. The molecule has 0 aromatic heterocycles. The van der Waals surface area contributed by atoms with E-state index < -0.39 is 0 Å². The van der Waals surface area contributed by atoms with E-state index in [0.717, 1.165) is 11.3 Å². The molecule has 0 aliphatic rings. The molecule has 0 saturated carbocycles. The van der Waals surface area contributed by atoms with Gasteiger partial charge in [0.1, 0.15) is 0 Å². The topological polar surface area (TPSA) is 29.1 Å². The van der Waals surface area contributed by atoms with Crippen LogP contribution in [-0.2, 0) is 4.79 Å². The number of anilines is 1. The van der Waals surface area contributed by atoms with Crippen molar-refractivity contribution in [3.63, 3.8) is 0 Å². The molecule has 1 N–H and O–H groups in total. The van der Waals surface area contributed by atoms with E-state index in [2.05, 4.69) is 19.2 Å².